The van der Waals surface area contributed by atoms with Crippen molar-refractivity contribution in [3.63, 3.8) is 0 Å². The van der Waals surface area contributed by atoms with Crippen molar-refractivity contribution in [2.45, 2.75) is 0 Å². The highest BCUT2D eigenvalue weighted by atomic mass is 14.8. The van der Waals surface area contributed by atoms with Gasteiger partial charge in [-0.3, -0.25) is 0 Å². The Bertz CT molecular complexity index is 318. The zero-order chi connectivity index (χ0) is 8.10. The molecule has 0 radical (unpaired) electrons. The van der Waals surface area contributed by atoms with Crippen LogP contribution in [0.3, 0.4) is 0 Å². The molecule has 0 fully saturated rings. The molecule has 11 heavy (non-hydrogen) atoms. The van der Waals surface area contributed by atoms with Crippen molar-refractivity contribution in [1.82, 2.24) is 9.97 Å². The number of hydrogen-bond acceptors (Lipinski definition) is 3. The van der Waals surface area contributed by atoms with E-state index in [9.17, 15) is 0 Å². The molecule has 1 rings (SSSR count). The van der Waals surface area contributed by atoms with Crippen LogP contribution in [0.25, 0.3) is 6.08 Å². The van der Waals surface area contributed by atoms with Crippen LogP contribution in [0.15, 0.2) is 18.1 Å². The van der Waals surface area contributed by atoms with E-state index in [0.717, 1.165) is 0 Å². The third-order valence-corrected chi connectivity index (χ3v) is 1.06. The van der Waals surface area contributed by atoms with Gasteiger partial charge in [-0.15, -0.1) is 0 Å². The highest BCUT2D eigenvalue weighted by Gasteiger charge is 1.92. The molecule has 1 N–H and O–H groups in total. The molecule has 0 amide bonds. The molecule has 0 aromatic carbocycles. The Labute approximate surface area is 63.4 Å². The van der Waals surface area contributed by atoms with Crippen LogP contribution >= 0.6 is 0 Å². The molecule has 0 atom stereocenters. The van der Waals surface area contributed by atoms with E-state index >= 15 is 0 Å². The van der Waals surface area contributed by atoms with Crippen LogP contribution < -0.4 is 0 Å². The molecule has 0 aliphatic carbocycles. The van der Waals surface area contributed by atoms with E-state index in [0.29, 0.717) is 5.69 Å². The number of aromatic amines is 1. The molecule has 52 valence electrons. The second-order valence-corrected chi connectivity index (χ2v) is 1.79. The lowest BCUT2D eigenvalue weighted by Crippen LogP contribution is -1.73. The van der Waals surface area contributed by atoms with Crippen LogP contribution in [0.4, 0.5) is 0 Å². The topological polar surface area (TPSA) is 76.3 Å². The molecule has 1 aromatic heterocycles. The zero-order valence-electron chi connectivity index (χ0n) is 5.57. The number of rotatable bonds is 1. The molecule has 0 spiro atoms. The van der Waals surface area contributed by atoms with Gasteiger partial charge in [-0.1, -0.05) is 0 Å². The molecule has 0 saturated heterocycles. The maximum atomic E-state index is 8.35. The Morgan fingerprint density at radius 3 is 2.73 bits per heavy atom. The maximum absolute atomic E-state index is 8.35. The summed E-state index contributed by atoms with van der Waals surface area (Å²) in [6.07, 6.45) is 4.46. The highest BCUT2D eigenvalue weighted by molar-refractivity contribution is 5.58. The van der Waals surface area contributed by atoms with Crippen LogP contribution in [0, 0.1) is 22.7 Å². The largest absolute Gasteiger partial charge is 0.345 e. The summed E-state index contributed by atoms with van der Waals surface area (Å²) in [6, 6.07) is 3.48. The number of nitrogens with one attached hydrogen (secondary N) is 1. The summed E-state index contributed by atoms with van der Waals surface area (Å²) in [5.74, 6) is 0. The van der Waals surface area contributed by atoms with Gasteiger partial charge in [0.15, 0.2) is 0 Å². The Hall–Kier alpha value is -2.07. The molecule has 4 nitrogen and oxygen atoms in total. The van der Waals surface area contributed by atoms with Crippen LogP contribution in [0.2, 0.25) is 0 Å². The van der Waals surface area contributed by atoms with Gasteiger partial charge in [0.2, 0.25) is 0 Å². The molecule has 4 heteroatoms. The Morgan fingerprint density at radius 1 is 1.55 bits per heavy atom. The minimum absolute atomic E-state index is 0.0641. The summed E-state index contributed by atoms with van der Waals surface area (Å²) >= 11 is 0. The van der Waals surface area contributed by atoms with Crippen LogP contribution in [0.5, 0.6) is 0 Å². The third kappa shape index (κ3) is 1.67. The Morgan fingerprint density at radius 2 is 2.27 bits per heavy atom. The minimum atomic E-state index is 0.0641. The van der Waals surface area contributed by atoms with Gasteiger partial charge < -0.3 is 4.98 Å². The van der Waals surface area contributed by atoms with E-state index in [4.69, 9.17) is 10.5 Å². The van der Waals surface area contributed by atoms with E-state index in [1.807, 2.05) is 0 Å². The molecule has 1 heterocycles. The number of hydrogen-bond donors (Lipinski definition) is 1. The van der Waals surface area contributed by atoms with E-state index < -0.39 is 0 Å². The first kappa shape index (κ1) is 7.04. The monoisotopic (exact) mass is 144 g/mol. The fourth-order valence-corrected chi connectivity index (χ4v) is 0.591. The summed E-state index contributed by atoms with van der Waals surface area (Å²) in [4.78, 5) is 6.47. The molecular formula is C7H4N4. The van der Waals surface area contributed by atoms with Crippen molar-refractivity contribution in [2.75, 3.05) is 0 Å². The molecule has 1 aromatic rings. The van der Waals surface area contributed by atoms with Crippen molar-refractivity contribution >= 4 is 6.08 Å². The number of aromatic nitrogens is 2. The highest BCUT2D eigenvalue weighted by Crippen LogP contribution is 1.99. The fraction of sp³-hybridized carbons (Fsp3) is 0. The van der Waals surface area contributed by atoms with Crippen molar-refractivity contribution in [2.24, 2.45) is 0 Å². The van der Waals surface area contributed by atoms with Crippen molar-refractivity contribution < 1.29 is 0 Å². The standard InChI is InChI=1S/C7H4N4/c8-2-6(3-9)1-7-4-10-5-11-7/h1,4-5H,(H,10,11). The quantitative estimate of drug-likeness (QED) is 0.593. The first-order valence-electron chi connectivity index (χ1n) is 2.87. The summed E-state index contributed by atoms with van der Waals surface area (Å²) < 4.78 is 0. The normalized spacial score (nSPS) is 7.82. The van der Waals surface area contributed by atoms with E-state index in [-0.39, 0.29) is 5.57 Å². The van der Waals surface area contributed by atoms with Gasteiger partial charge in [0.05, 0.1) is 18.2 Å². The zero-order valence-corrected chi connectivity index (χ0v) is 5.57. The summed E-state index contributed by atoms with van der Waals surface area (Å²) in [6.45, 7) is 0. The van der Waals surface area contributed by atoms with Crippen molar-refractivity contribution in [3.05, 3.63) is 23.8 Å². The molecule has 0 bridgehead atoms. The van der Waals surface area contributed by atoms with Crippen molar-refractivity contribution in [3.8, 4) is 12.1 Å². The first-order chi connectivity index (χ1) is 5.36. The maximum Gasteiger partial charge on any atom is 0.131 e. The van der Waals surface area contributed by atoms with Crippen molar-refractivity contribution in [1.29, 1.82) is 10.5 Å². The van der Waals surface area contributed by atoms with Gasteiger partial charge in [-0.2, -0.15) is 10.5 Å². The predicted molar refractivity (Wildman–Crippen MR) is 37.8 cm³/mol. The van der Waals surface area contributed by atoms with Gasteiger partial charge in [-0.25, -0.2) is 4.98 Å². The van der Waals surface area contributed by atoms with Gasteiger partial charge >= 0.3 is 0 Å². The van der Waals surface area contributed by atoms with E-state index in [1.54, 1.807) is 12.1 Å². The number of nitriles is 2. The SMILES string of the molecule is N#CC(C#N)=Cc1cnc[nH]1. The molecule has 0 aliphatic heterocycles. The van der Waals surface area contributed by atoms with E-state index in [1.165, 1.54) is 18.6 Å². The fourth-order valence-electron chi connectivity index (χ4n) is 0.591. The lowest BCUT2D eigenvalue weighted by atomic mass is 10.3. The Balaban J connectivity index is 2.93. The molecule has 0 aliphatic rings. The number of imidazole rings is 1. The molecular weight excluding hydrogens is 140 g/mol. The second kappa shape index (κ2) is 3.19. The first-order valence-corrected chi connectivity index (χ1v) is 2.87. The van der Waals surface area contributed by atoms with Gasteiger partial charge in [-0.05, 0) is 6.08 Å². The lowest BCUT2D eigenvalue weighted by molar-refractivity contribution is 1.30. The van der Waals surface area contributed by atoms with Gasteiger partial charge in [0.25, 0.3) is 0 Å². The van der Waals surface area contributed by atoms with Crippen LogP contribution in [-0.4, -0.2) is 9.97 Å². The summed E-state index contributed by atoms with van der Waals surface area (Å²) in [5, 5.41) is 16.7. The average Bonchev–Trinajstić information content (AvgIpc) is 2.52. The number of H-pyrrole nitrogens is 1. The van der Waals surface area contributed by atoms with E-state index in [2.05, 4.69) is 9.97 Å². The van der Waals surface area contributed by atoms with Gasteiger partial charge in [0.1, 0.15) is 17.7 Å². The Kier molecular flexibility index (Phi) is 2.04. The predicted octanol–water partition coefficient (Wildman–Crippen LogP) is 0.840. The molecule has 0 unspecified atom stereocenters. The number of nitrogens with zero attached hydrogens (tertiary/aromatic N) is 3. The second-order valence-electron chi connectivity index (χ2n) is 1.79. The summed E-state index contributed by atoms with van der Waals surface area (Å²) in [7, 11) is 0. The third-order valence-electron chi connectivity index (χ3n) is 1.06. The van der Waals surface area contributed by atoms with Crippen LogP contribution in [0.1, 0.15) is 5.69 Å². The average molecular weight is 144 g/mol. The lowest BCUT2D eigenvalue weighted by Gasteiger charge is -1.80. The van der Waals surface area contributed by atoms with Crippen LogP contribution in [-0.2, 0) is 0 Å². The number of allylic oxidation sites excluding steroid dienone is 1. The summed E-state index contributed by atoms with van der Waals surface area (Å²) in [5.41, 5.74) is 0.720. The molecule has 0 saturated carbocycles. The smallest absolute Gasteiger partial charge is 0.131 e. The van der Waals surface area contributed by atoms with Gasteiger partial charge in [0, 0.05) is 0 Å². The minimum Gasteiger partial charge on any atom is -0.345 e.